The van der Waals surface area contributed by atoms with Crippen LogP contribution in [0.1, 0.15) is 0 Å². The lowest BCUT2D eigenvalue weighted by molar-refractivity contribution is 2.63. The van der Waals surface area contributed by atoms with Gasteiger partial charge in [0.25, 0.3) is 0 Å². The van der Waals surface area contributed by atoms with Crippen LogP contribution in [0.15, 0.2) is 10.4 Å². The average Bonchev–Trinajstić information content (AvgIpc) is 1.37. The highest BCUT2D eigenvalue weighted by Crippen LogP contribution is 1.81. The summed E-state index contributed by atoms with van der Waals surface area (Å²) in [6.07, 6.45) is 0. The Hall–Kier alpha value is 0.440. The summed E-state index contributed by atoms with van der Waals surface area (Å²) in [7, 11) is 0. The average molecular weight is 138 g/mol. The Labute approximate surface area is 39.4 Å². The van der Waals surface area contributed by atoms with Gasteiger partial charge in [-0.05, 0) is 4.99 Å². The third kappa shape index (κ3) is 2.44. The molecule has 4 heavy (non-hydrogen) atoms. The Morgan fingerprint density at radius 2 is 2.00 bits per heavy atom. The van der Waals surface area contributed by atoms with Crippen molar-refractivity contribution < 1.29 is 0 Å². The summed E-state index contributed by atoms with van der Waals surface area (Å²) >= 11 is 7.29. The highest BCUT2D eigenvalue weighted by Gasteiger charge is 1.39. The van der Waals surface area contributed by atoms with E-state index >= 15 is 0 Å². The third-order valence-corrected chi connectivity index (χ3v) is 0.802. The Balaban J connectivity index is 2.55. The van der Waals surface area contributed by atoms with Gasteiger partial charge in [0.15, 0.2) is 0 Å². The van der Waals surface area contributed by atoms with Crippen LogP contribution in [-0.4, -0.2) is 0 Å². The molecule has 0 amide bonds. The number of hydrogen-bond donors (Lipinski definition) is 0. The molecule has 2 heteroatoms. The zero-order chi connectivity index (χ0) is 3.41. The van der Waals surface area contributed by atoms with E-state index in [1.165, 1.54) is 5.41 Å². The van der Waals surface area contributed by atoms with Gasteiger partial charge in [0.1, 0.15) is 0 Å². The summed E-state index contributed by atoms with van der Waals surface area (Å²) in [5, 5.41) is 1.50. The second kappa shape index (κ2) is 3.44. The molecule has 0 heterocycles. The van der Waals surface area contributed by atoms with E-state index in [9.17, 15) is 0 Å². The monoisotopic (exact) mass is 137 g/mol. The molecule has 23 valence electrons. The molecule has 0 rings (SSSR count). The first-order chi connectivity index (χ1) is 1.91. The molecule has 0 spiro atoms. The van der Waals surface area contributed by atoms with Crippen molar-refractivity contribution in [2.75, 3.05) is 0 Å². The topological polar surface area (TPSA) is 0 Å². The van der Waals surface area contributed by atoms with Gasteiger partial charge in [0.2, 0.25) is 0 Å². The number of hydrogen-bond acceptors (Lipinski definition) is 0. The van der Waals surface area contributed by atoms with Crippen LogP contribution in [0.25, 0.3) is 0 Å². The van der Waals surface area contributed by atoms with Crippen molar-refractivity contribution in [3.05, 3.63) is 10.4 Å². The summed E-state index contributed by atoms with van der Waals surface area (Å²) < 4.78 is 0. The molecule has 0 aliphatic rings. The zero-order valence-electron chi connectivity index (χ0n) is 1.94. The molecule has 0 nitrogen and oxygen atoms in total. The fourth-order valence-corrected chi connectivity index (χ4v) is 0. The van der Waals surface area contributed by atoms with E-state index in [0.717, 1.165) is 0 Å². The molecule has 0 aliphatic carbocycles. The van der Waals surface area contributed by atoms with Crippen molar-refractivity contribution in [3.63, 3.8) is 0 Å². The summed E-state index contributed by atoms with van der Waals surface area (Å²) in [5.41, 5.74) is 0. The second-order valence-electron chi connectivity index (χ2n) is 0.262. The summed E-state index contributed by atoms with van der Waals surface area (Å²) in [4.78, 5) is 1.63. The van der Waals surface area contributed by atoms with Gasteiger partial charge in [-0.25, -0.2) is 0 Å². The smallest absolute Gasteiger partial charge is 0.00827 e. The van der Waals surface area contributed by atoms with Gasteiger partial charge in [0.05, 0.1) is 0 Å². The molecule has 0 fully saturated rings. The first-order valence-corrected chi connectivity index (χ1v) is 2.17. The number of halogens is 1. The third-order valence-electron chi connectivity index (χ3n) is 0.0514. The van der Waals surface area contributed by atoms with Crippen molar-refractivity contribution in [2.24, 2.45) is 0 Å². The second-order valence-corrected chi connectivity index (χ2v) is 1.06. The minimum Gasteiger partial charge on any atom is -0.0882 e. The van der Waals surface area contributed by atoms with E-state index in [0.29, 0.717) is 0 Å². The van der Waals surface area contributed by atoms with Gasteiger partial charge in [0, 0.05) is 5.41 Å². The highest BCUT2D eigenvalue weighted by molar-refractivity contribution is 9.11. The van der Waals surface area contributed by atoms with E-state index in [1.54, 1.807) is 4.99 Å². The lowest BCUT2D eigenvalue weighted by atomic mass is 11.3. The van der Waals surface area contributed by atoms with Crippen LogP contribution in [0, 0.1) is 0 Å². The number of rotatable bonds is 0. The van der Waals surface area contributed by atoms with Crippen molar-refractivity contribution >= 4 is 28.6 Å². The highest BCUT2D eigenvalue weighted by atomic mass is 79.9. The standard InChI is InChI=1S/C2H2BrS/c3-1-2-4/h1-2H/b2-1+. The van der Waals surface area contributed by atoms with Crippen molar-refractivity contribution in [1.82, 2.24) is 0 Å². The van der Waals surface area contributed by atoms with Crippen molar-refractivity contribution in [1.29, 1.82) is 0 Å². The largest absolute Gasteiger partial charge is 0.0882 e. The van der Waals surface area contributed by atoms with Crippen molar-refractivity contribution in [3.8, 4) is 0 Å². The van der Waals surface area contributed by atoms with Gasteiger partial charge >= 0.3 is 0 Å². The van der Waals surface area contributed by atoms with Crippen LogP contribution in [0.2, 0.25) is 0 Å². The quantitative estimate of drug-likeness (QED) is 0.480. The molecule has 1 radical (unpaired) electrons. The molecular weight excluding hydrogens is 136 g/mol. The van der Waals surface area contributed by atoms with E-state index in [4.69, 9.17) is 0 Å². The van der Waals surface area contributed by atoms with E-state index in [1.807, 2.05) is 0 Å². The minimum atomic E-state index is 1.50. The molecule has 0 saturated heterocycles. The minimum absolute atomic E-state index is 1.50. The molecule has 0 aromatic rings. The zero-order valence-corrected chi connectivity index (χ0v) is 4.34. The first-order valence-electron chi connectivity index (χ1n) is 0.787. The van der Waals surface area contributed by atoms with Crippen LogP contribution in [-0.2, 0) is 0 Å². The lowest BCUT2D eigenvalue weighted by Crippen LogP contribution is -1.10. The normalized spacial score (nSPS) is 9.25. The van der Waals surface area contributed by atoms with Crippen molar-refractivity contribution in [2.45, 2.75) is 0 Å². The predicted octanol–water partition coefficient (Wildman–Crippen LogP) is 2.05. The molecule has 0 aromatic carbocycles. The predicted molar refractivity (Wildman–Crippen MR) is 25.7 cm³/mol. The Morgan fingerprint density at radius 3 is 2.00 bits per heavy atom. The van der Waals surface area contributed by atoms with Crippen LogP contribution >= 0.6 is 28.6 Å². The van der Waals surface area contributed by atoms with E-state index < -0.39 is 0 Å². The van der Waals surface area contributed by atoms with Gasteiger partial charge in [-0.15, -0.1) is 0 Å². The maximum absolute atomic E-state index is 4.33. The van der Waals surface area contributed by atoms with Crippen LogP contribution in [0.4, 0.5) is 0 Å². The van der Waals surface area contributed by atoms with E-state index in [-0.39, 0.29) is 0 Å². The summed E-state index contributed by atoms with van der Waals surface area (Å²) in [6, 6.07) is 0. The Morgan fingerprint density at radius 1 is 1.75 bits per heavy atom. The molecule has 0 atom stereocenters. The maximum Gasteiger partial charge on any atom is 0.00827 e. The summed E-state index contributed by atoms with van der Waals surface area (Å²) in [5.74, 6) is 0. The molecule has 0 N–H and O–H groups in total. The Bertz CT molecular complexity index is 21.2. The Kier molecular flexibility index (Phi) is 3.82. The van der Waals surface area contributed by atoms with Gasteiger partial charge < -0.3 is 0 Å². The van der Waals surface area contributed by atoms with Gasteiger partial charge in [-0.3, -0.25) is 0 Å². The molecular formula is C2H2BrS. The van der Waals surface area contributed by atoms with Crippen LogP contribution < -0.4 is 0 Å². The molecule has 0 saturated carbocycles. The van der Waals surface area contributed by atoms with Gasteiger partial charge in [-0.1, -0.05) is 28.6 Å². The summed E-state index contributed by atoms with van der Waals surface area (Å²) in [6.45, 7) is 0. The maximum atomic E-state index is 4.33. The molecule has 0 aliphatic heterocycles. The fourth-order valence-electron chi connectivity index (χ4n) is 0. The molecule has 0 bridgehead atoms. The van der Waals surface area contributed by atoms with Crippen LogP contribution in [0.5, 0.6) is 0 Å². The van der Waals surface area contributed by atoms with E-state index in [2.05, 4.69) is 28.6 Å². The van der Waals surface area contributed by atoms with Crippen LogP contribution in [0.3, 0.4) is 0 Å². The fraction of sp³-hybridized carbons (Fsp3) is 0. The first kappa shape index (κ1) is 4.44. The lowest BCUT2D eigenvalue weighted by Gasteiger charge is -1.44. The van der Waals surface area contributed by atoms with Gasteiger partial charge in [-0.2, -0.15) is 0 Å². The molecule has 0 aromatic heterocycles. The SMILES string of the molecule is [S]/C=C/Br. The molecule has 0 unspecified atom stereocenters.